The molecule has 2 heteroatoms. The predicted octanol–water partition coefficient (Wildman–Crippen LogP) is 4.49. The minimum Gasteiger partial charge on any atom is -0.335 e. The smallest absolute Gasteiger partial charge is 0.223 e. The maximum Gasteiger partial charge on any atom is 0.223 e. The number of nitrogens with zero attached hydrogens (tertiary/aromatic N) is 1. The third-order valence-corrected chi connectivity index (χ3v) is 3.10. The molecule has 0 aliphatic carbocycles. The summed E-state index contributed by atoms with van der Waals surface area (Å²) in [6.45, 7) is 12.3. The minimum absolute atomic E-state index is 0.214. The summed E-state index contributed by atoms with van der Waals surface area (Å²) in [6, 6.07) is 0. The van der Waals surface area contributed by atoms with E-state index in [2.05, 4.69) is 19.7 Å². The quantitative estimate of drug-likeness (QED) is 0.354. The van der Waals surface area contributed by atoms with Crippen LogP contribution in [0, 0.1) is 0 Å². The second-order valence-corrected chi connectivity index (χ2v) is 4.82. The van der Waals surface area contributed by atoms with Crippen LogP contribution >= 0.6 is 0 Å². The Kier molecular flexibility index (Phi) is 12.2. The number of amides is 1. The van der Waals surface area contributed by atoms with Gasteiger partial charge in [0.1, 0.15) is 0 Å². The molecule has 0 aromatic heterocycles. The van der Waals surface area contributed by atoms with Crippen LogP contribution in [0.4, 0.5) is 0 Å². The fourth-order valence-corrected chi connectivity index (χ4v) is 2.02. The van der Waals surface area contributed by atoms with E-state index in [1.807, 2.05) is 6.08 Å². The zero-order valence-electron chi connectivity index (χ0n) is 12.3. The summed E-state index contributed by atoms with van der Waals surface area (Å²) in [5.41, 5.74) is 0. The van der Waals surface area contributed by atoms with Gasteiger partial charge in [-0.15, -0.1) is 19.7 Å². The lowest BCUT2D eigenvalue weighted by atomic mass is 10.1. The molecule has 108 valence electrons. The number of rotatable bonds is 13. The van der Waals surface area contributed by atoms with E-state index in [1.54, 1.807) is 17.1 Å². The van der Waals surface area contributed by atoms with Crippen LogP contribution in [0.25, 0.3) is 0 Å². The molecule has 0 N–H and O–H groups in total. The Bertz CT molecular complexity index is 260. The zero-order valence-corrected chi connectivity index (χ0v) is 12.3. The molecule has 0 unspecified atom stereocenters. The van der Waals surface area contributed by atoms with E-state index in [1.165, 1.54) is 25.7 Å². The Morgan fingerprint density at radius 3 is 1.84 bits per heavy atom. The highest BCUT2D eigenvalue weighted by molar-refractivity contribution is 5.76. The molecule has 0 saturated heterocycles. The summed E-state index contributed by atoms with van der Waals surface area (Å²) < 4.78 is 0. The van der Waals surface area contributed by atoms with Crippen LogP contribution in [0.3, 0.4) is 0 Å². The van der Waals surface area contributed by atoms with Gasteiger partial charge in [-0.05, 0) is 19.3 Å². The van der Waals surface area contributed by atoms with Crippen molar-refractivity contribution in [3.05, 3.63) is 38.0 Å². The Hall–Kier alpha value is -1.31. The van der Waals surface area contributed by atoms with Gasteiger partial charge in [-0.1, -0.05) is 43.9 Å². The molecule has 0 radical (unpaired) electrons. The lowest BCUT2D eigenvalue weighted by Crippen LogP contribution is -2.30. The molecule has 0 aliphatic heterocycles. The van der Waals surface area contributed by atoms with Gasteiger partial charge in [-0.2, -0.15) is 0 Å². The number of carbonyl (C=O) groups excluding carboxylic acids is 1. The normalized spacial score (nSPS) is 9.89. The Morgan fingerprint density at radius 1 is 0.789 bits per heavy atom. The number of unbranched alkanes of at least 4 members (excludes halogenated alkanes) is 6. The highest BCUT2D eigenvalue weighted by atomic mass is 16.2. The van der Waals surface area contributed by atoms with Gasteiger partial charge < -0.3 is 4.90 Å². The van der Waals surface area contributed by atoms with Crippen molar-refractivity contribution < 1.29 is 4.79 Å². The van der Waals surface area contributed by atoms with Gasteiger partial charge in [0.25, 0.3) is 0 Å². The van der Waals surface area contributed by atoms with Crippen molar-refractivity contribution in [3.8, 4) is 0 Å². The molecule has 0 spiro atoms. The first-order chi connectivity index (χ1) is 9.26. The predicted molar refractivity (Wildman–Crippen MR) is 84.1 cm³/mol. The lowest BCUT2D eigenvalue weighted by Gasteiger charge is -2.19. The molecule has 2 nitrogen and oxygen atoms in total. The maximum absolute atomic E-state index is 11.9. The van der Waals surface area contributed by atoms with Gasteiger partial charge >= 0.3 is 0 Å². The SMILES string of the molecule is C=CCCCCCCCCC(=O)N(CC=C)CC=C. The van der Waals surface area contributed by atoms with Crippen molar-refractivity contribution in [3.63, 3.8) is 0 Å². The molecule has 0 rings (SSSR count). The molecule has 0 heterocycles. The van der Waals surface area contributed by atoms with Gasteiger partial charge in [-0.25, -0.2) is 0 Å². The molecule has 0 fully saturated rings. The van der Waals surface area contributed by atoms with Crippen molar-refractivity contribution in [2.45, 2.75) is 51.4 Å². The van der Waals surface area contributed by atoms with Crippen LogP contribution in [-0.2, 0) is 4.79 Å². The average molecular weight is 263 g/mol. The minimum atomic E-state index is 0.214. The summed E-state index contributed by atoms with van der Waals surface area (Å²) in [6.07, 6.45) is 14.4. The fourth-order valence-electron chi connectivity index (χ4n) is 2.02. The lowest BCUT2D eigenvalue weighted by molar-refractivity contribution is -0.130. The summed E-state index contributed by atoms with van der Waals surface area (Å²) >= 11 is 0. The van der Waals surface area contributed by atoms with Crippen LogP contribution in [-0.4, -0.2) is 23.9 Å². The summed E-state index contributed by atoms with van der Waals surface area (Å²) in [7, 11) is 0. The van der Waals surface area contributed by atoms with Crippen molar-refractivity contribution in [1.82, 2.24) is 4.90 Å². The third kappa shape index (κ3) is 10.3. The van der Waals surface area contributed by atoms with E-state index in [9.17, 15) is 4.79 Å². The van der Waals surface area contributed by atoms with E-state index in [0.29, 0.717) is 19.5 Å². The average Bonchev–Trinajstić information content (AvgIpc) is 2.41. The summed E-state index contributed by atoms with van der Waals surface area (Å²) in [4.78, 5) is 13.7. The largest absolute Gasteiger partial charge is 0.335 e. The molecule has 0 aromatic carbocycles. The molecule has 0 aromatic rings. The van der Waals surface area contributed by atoms with Gasteiger partial charge in [0, 0.05) is 19.5 Å². The van der Waals surface area contributed by atoms with Crippen LogP contribution in [0.5, 0.6) is 0 Å². The zero-order chi connectivity index (χ0) is 14.3. The highest BCUT2D eigenvalue weighted by Crippen LogP contribution is 2.09. The van der Waals surface area contributed by atoms with Gasteiger partial charge in [0.2, 0.25) is 5.91 Å². The van der Waals surface area contributed by atoms with Gasteiger partial charge in [-0.3, -0.25) is 4.79 Å². The van der Waals surface area contributed by atoms with Crippen molar-refractivity contribution in [2.24, 2.45) is 0 Å². The van der Waals surface area contributed by atoms with Crippen molar-refractivity contribution in [1.29, 1.82) is 0 Å². The van der Waals surface area contributed by atoms with E-state index >= 15 is 0 Å². The van der Waals surface area contributed by atoms with E-state index in [-0.39, 0.29) is 5.91 Å². The molecule has 1 amide bonds. The maximum atomic E-state index is 11.9. The summed E-state index contributed by atoms with van der Waals surface area (Å²) in [5.74, 6) is 0.214. The first-order valence-electron chi connectivity index (χ1n) is 7.36. The highest BCUT2D eigenvalue weighted by Gasteiger charge is 2.09. The Labute approximate surface area is 118 Å². The summed E-state index contributed by atoms with van der Waals surface area (Å²) in [5, 5.41) is 0. The number of hydrogen-bond donors (Lipinski definition) is 0. The third-order valence-electron chi connectivity index (χ3n) is 3.10. The Balaban J connectivity index is 3.57. The molecular formula is C17H29NO. The van der Waals surface area contributed by atoms with Crippen LogP contribution < -0.4 is 0 Å². The molecule has 19 heavy (non-hydrogen) atoms. The van der Waals surface area contributed by atoms with Crippen LogP contribution in [0.15, 0.2) is 38.0 Å². The first kappa shape index (κ1) is 17.7. The molecule has 0 atom stereocenters. The molecule has 0 bridgehead atoms. The number of carbonyl (C=O) groups is 1. The Morgan fingerprint density at radius 2 is 1.32 bits per heavy atom. The van der Waals surface area contributed by atoms with Gasteiger partial charge in [0.15, 0.2) is 0 Å². The number of allylic oxidation sites excluding steroid dienone is 1. The van der Waals surface area contributed by atoms with E-state index in [4.69, 9.17) is 0 Å². The molecule has 0 saturated carbocycles. The van der Waals surface area contributed by atoms with Crippen molar-refractivity contribution >= 4 is 5.91 Å². The monoisotopic (exact) mass is 263 g/mol. The standard InChI is InChI=1S/C17H29NO/c1-4-7-8-9-10-11-12-13-14-17(19)18(15-5-2)16-6-3/h4-6H,1-3,7-16H2. The van der Waals surface area contributed by atoms with E-state index < -0.39 is 0 Å². The second-order valence-electron chi connectivity index (χ2n) is 4.82. The van der Waals surface area contributed by atoms with Crippen LogP contribution in [0.2, 0.25) is 0 Å². The second kappa shape index (κ2) is 13.1. The molecule has 0 aliphatic rings. The molecular weight excluding hydrogens is 234 g/mol. The topological polar surface area (TPSA) is 20.3 Å². The number of hydrogen-bond acceptors (Lipinski definition) is 1. The first-order valence-corrected chi connectivity index (χ1v) is 7.36. The van der Waals surface area contributed by atoms with Gasteiger partial charge in [0.05, 0.1) is 0 Å². The van der Waals surface area contributed by atoms with Crippen molar-refractivity contribution in [2.75, 3.05) is 13.1 Å². The fraction of sp³-hybridized carbons (Fsp3) is 0.588. The van der Waals surface area contributed by atoms with E-state index in [0.717, 1.165) is 19.3 Å². The van der Waals surface area contributed by atoms with Crippen LogP contribution in [0.1, 0.15) is 51.4 Å².